The Bertz CT molecular complexity index is 964. The van der Waals surface area contributed by atoms with Crippen LogP contribution in [0.4, 0.5) is 11.4 Å². The van der Waals surface area contributed by atoms with E-state index in [-0.39, 0.29) is 0 Å². The molecule has 0 unspecified atom stereocenters. The molecule has 1 fully saturated rings. The Morgan fingerprint density at radius 1 is 1.00 bits per heavy atom. The molecule has 27 heavy (non-hydrogen) atoms. The molecule has 0 radical (unpaired) electrons. The van der Waals surface area contributed by atoms with Crippen LogP contribution in [0.1, 0.15) is 0 Å². The quantitative estimate of drug-likeness (QED) is 0.696. The lowest BCUT2D eigenvalue weighted by Crippen LogP contribution is -2.40. The molecule has 2 aliphatic rings. The van der Waals surface area contributed by atoms with Crippen LogP contribution >= 0.6 is 15.9 Å². The van der Waals surface area contributed by atoms with Crippen LogP contribution in [0.3, 0.4) is 0 Å². The molecule has 2 amide bonds. The topological polar surface area (TPSA) is 83.8 Å². The number of carbonyl (C=O) groups excluding carboxylic acids is 2. The zero-order chi connectivity index (χ0) is 19.1. The van der Waals surface area contributed by atoms with Gasteiger partial charge in [0.05, 0.1) is 25.6 Å². The number of hydrogen-bond acceptors (Lipinski definition) is 7. The van der Waals surface area contributed by atoms with Crippen LogP contribution in [-0.4, -0.2) is 38.1 Å². The number of anilines is 2. The summed E-state index contributed by atoms with van der Waals surface area (Å²) in [6, 6.07) is 10.5. The fourth-order valence-electron chi connectivity index (χ4n) is 3.21. The molecule has 1 saturated heterocycles. The average molecular weight is 431 g/mol. The van der Waals surface area contributed by atoms with E-state index in [9.17, 15) is 9.59 Å². The summed E-state index contributed by atoms with van der Waals surface area (Å²) in [5.74, 6) is 0.0294. The zero-order valence-electron chi connectivity index (χ0n) is 14.5. The van der Waals surface area contributed by atoms with E-state index < -0.39 is 23.9 Å². The number of amides is 2. The first-order valence-corrected chi connectivity index (χ1v) is 8.90. The highest BCUT2D eigenvalue weighted by atomic mass is 79.9. The Morgan fingerprint density at radius 3 is 2.48 bits per heavy atom. The van der Waals surface area contributed by atoms with Crippen LogP contribution in [0.15, 0.2) is 57.3 Å². The Labute approximate surface area is 163 Å². The predicted octanol–water partition coefficient (Wildman–Crippen LogP) is 2.96. The van der Waals surface area contributed by atoms with Crippen LogP contribution < -0.4 is 19.4 Å². The summed E-state index contributed by atoms with van der Waals surface area (Å²) in [5.41, 5.74) is 0.984. The second kappa shape index (κ2) is 6.66. The van der Waals surface area contributed by atoms with E-state index in [2.05, 4.69) is 26.3 Å². The van der Waals surface area contributed by atoms with Gasteiger partial charge in [-0.05, 0) is 40.2 Å². The Morgan fingerprint density at radius 2 is 1.78 bits per heavy atom. The van der Waals surface area contributed by atoms with Crippen molar-refractivity contribution < 1.29 is 19.1 Å². The molecule has 2 aromatic rings. The van der Waals surface area contributed by atoms with E-state index >= 15 is 0 Å². The Hall–Kier alpha value is -2.94. The largest absolute Gasteiger partial charge is 0.497 e. The molecule has 2 atom stereocenters. The predicted molar refractivity (Wildman–Crippen MR) is 101 cm³/mol. The number of halogens is 1. The van der Waals surface area contributed by atoms with Crippen molar-refractivity contribution >= 4 is 39.1 Å². The second-order valence-corrected chi connectivity index (χ2v) is 6.79. The van der Waals surface area contributed by atoms with Crippen molar-refractivity contribution in [3.05, 3.63) is 46.9 Å². The number of imide groups is 1. The number of rotatable bonds is 4. The first-order chi connectivity index (χ1) is 13.1. The average Bonchev–Trinajstić information content (AvgIpc) is 3.22. The van der Waals surface area contributed by atoms with Crippen LogP contribution in [0.25, 0.3) is 0 Å². The third kappa shape index (κ3) is 2.66. The number of ether oxygens (including phenoxy) is 2. The van der Waals surface area contributed by atoms with Crippen molar-refractivity contribution in [2.45, 2.75) is 12.1 Å². The van der Waals surface area contributed by atoms with Gasteiger partial charge in [0.15, 0.2) is 12.1 Å². The highest BCUT2D eigenvalue weighted by Gasteiger charge is 2.56. The number of hydrogen-bond donors (Lipinski definition) is 0. The van der Waals surface area contributed by atoms with Crippen molar-refractivity contribution in [1.29, 1.82) is 0 Å². The van der Waals surface area contributed by atoms with Crippen LogP contribution in [0.5, 0.6) is 11.5 Å². The normalized spacial score (nSPS) is 21.0. The fourth-order valence-corrected chi connectivity index (χ4v) is 3.67. The van der Waals surface area contributed by atoms with E-state index in [1.54, 1.807) is 24.3 Å². The molecule has 0 N–H and O–H groups in total. The minimum atomic E-state index is -0.902. The maximum Gasteiger partial charge on any atom is 0.263 e. The fraction of sp³-hybridized carbons (Fsp3) is 0.222. The lowest BCUT2D eigenvalue weighted by Gasteiger charge is -2.22. The van der Waals surface area contributed by atoms with E-state index in [1.807, 2.05) is 18.2 Å². The Balaban J connectivity index is 1.76. The van der Waals surface area contributed by atoms with Crippen LogP contribution in [-0.2, 0) is 9.59 Å². The number of fused-ring (bicyclic) bond motifs is 1. The van der Waals surface area contributed by atoms with Crippen molar-refractivity contribution in [2.24, 2.45) is 10.3 Å². The smallest absolute Gasteiger partial charge is 0.263 e. The summed E-state index contributed by atoms with van der Waals surface area (Å²) in [7, 11) is 2.99. The molecule has 0 aliphatic carbocycles. The summed E-state index contributed by atoms with van der Waals surface area (Å²) in [6.45, 7) is 0. The lowest BCUT2D eigenvalue weighted by atomic mass is 10.1. The molecular formula is C18H15BrN4O4. The molecule has 0 spiro atoms. The standard InChI is InChI=1S/C18H15BrN4O4/c1-26-10-7-8-14(27-2)13(9-10)22-17(24)15-16(18(22)25)23(21-20-15)12-6-4-3-5-11(12)19/h3-9,15-16H,1-2H3/t15-,16+/m1/s1. The summed E-state index contributed by atoms with van der Waals surface area (Å²) < 4.78 is 11.3. The van der Waals surface area contributed by atoms with Gasteiger partial charge in [-0.25, -0.2) is 9.91 Å². The van der Waals surface area contributed by atoms with Gasteiger partial charge in [-0.3, -0.25) is 9.59 Å². The van der Waals surface area contributed by atoms with Gasteiger partial charge in [0.1, 0.15) is 11.5 Å². The van der Waals surface area contributed by atoms with Crippen molar-refractivity contribution in [2.75, 3.05) is 24.1 Å². The van der Waals surface area contributed by atoms with E-state index in [4.69, 9.17) is 9.47 Å². The molecule has 8 nitrogen and oxygen atoms in total. The molecule has 9 heteroatoms. The SMILES string of the molecule is COc1ccc(OC)c(N2C(=O)[C@@H]3[C@@H](N=NN3c3ccccc3Br)C2=O)c1. The van der Waals surface area contributed by atoms with Gasteiger partial charge in [-0.1, -0.05) is 17.4 Å². The molecule has 2 aliphatic heterocycles. The van der Waals surface area contributed by atoms with Crippen molar-refractivity contribution in [3.63, 3.8) is 0 Å². The molecule has 2 aromatic carbocycles. The summed E-state index contributed by atoms with van der Waals surface area (Å²) >= 11 is 3.45. The van der Waals surface area contributed by atoms with Gasteiger partial charge in [0.25, 0.3) is 11.8 Å². The number of benzene rings is 2. The van der Waals surface area contributed by atoms with Crippen molar-refractivity contribution in [1.82, 2.24) is 0 Å². The van der Waals surface area contributed by atoms with Crippen molar-refractivity contribution in [3.8, 4) is 11.5 Å². The number of carbonyl (C=O) groups is 2. The maximum atomic E-state index is 13.2. The number of para-hydroxylation sites is 1. The zero-order valence-corrected chi connectivity index (χ0v) is 16.1. The van der Waals surface area contributed by atoms with Gasteiger partial charge in [-0.2, -0.15) is 5.11 Å². The van der Waals surface area contributed by atoms with Crippen LogP contribution in [0.2, 0.25) is 0 Å². The molecule has 0 bridgehead atoms. The van der Waals surface area contributed by atoms with Gasteiger partial charge < -0.3 is 9.47 Å². The molecule has 138 valence electrons. The number of nitrogens with zero attached hydrogens (tertiary/aromatic N) is 4. The molecule has 0 saturated carbocycles. The minimum absolute atomic E-state index is 0.323. The highest BCUT2D eigenvalue weighted by molar-refractivity contribution is 9.10. The second-order valence-electron chi connectivity index (χ2n) is 5.94. The Kier molecular flexibility index (Phi) is 4.31. The minimum Gasteiger partial charge on any atom is -0.497 e. The third-order valence-corrected chi connectivity index (χ3v) is 5.18. The highest BCUT2D eigenvalue weighted by Crippen LogP contribution is 2.41. The molecule has 2 heterocycles. The van der Waals surface area contributed by atoms with Gasteiger partial charge in [0.2, 0.25) is 0 Å². The van der Waals surface area contributed by atoms with E-state index in [0.717, 1.165) is 9.37 Å². The van der Waals surface area contributed by atoms with Gasteiger partial charge in [0, 0.05) is 10.5 Å². The molecule has 4 rings (SSSR count). The third-order valence-electron chi connectivity index (χ3n) is 4.51. The van der Waals surface area contributed by atoms with E-state index in [0.29, 0.717) is 22.9 Å². The summed E-state index contributed by atoms with van der Waals surface area (Å²) in [4.78, 5) is 27.2. The molecular weight excluding hydrogens is 416 g/mol. The first kappa shape index (κ1) is 17.5. The van der Waals surface area contributed by atoms with Gasteiger partial charge in [-0.15, -0.1) is 0 Å². The lowest BCUT2D eigenvalue weighted by molar-refractivity contribution is -0.121. The van der Waals surface area contributed by atoms with E-state index in [1.165, 1.54) is 19.2 Å². The molecule has 0 aromatic heterocycles. The maximum absolute atomic E-state index is 13.2. The summed E-state index contributed by atoms with van der Waals surface area (Å²) in [5, 5.41) is 9.58. The summed E-state index contributed by atoms with van der Waals surface area (Å²) in [6.07, 6.45) is 0. The monoisotopic (exact) mass is 430 g/mol. The van der Waals surface area contributed by atoms with Crippen LogP contribution in [0, 0.1) is 0 Å². The first-order valence-electron chi connectivity index (χ1n) is 8.11. The number of methoxy groups -OCH3 is 2. The van der Waals surface area contributed by atoms with Gasteiger partial charge >= 0.3 is 0 Å².